The highest BCUT2D eigenvalue weighted by Crippen LogP contribution is 2.16. The molecule has 1 amide bonds. The van der Waals surface area contributed by atoms with Crippen LogP contribution in [-0.4, -0.2) is 31.5 Å². The highest BCUT2D eigenvalue weighted by atomic mass is 35.5. The number of carbonyl (C=O) groups is 1. The molecule has 0 aliphatic heterocycles. The lowest BCUT2D eigenvalue weighted by atomic mass is 10.2. The molecule has 4 nitrogen and oxygen atoms in total. The Hall–Kier alpha value is -0.710. The smallest absolute Gasteiger partial charge is 0.256 e. The van der Waals surface area contributed by atoms with Crippen molar-refractivity contribution >= 4 is 29.1 Å². The highest BCUT2D eigenvalue weighted by molar-refractivity contribution is 6.32. The number of carbonyl (C=O) groups excluding carboxylic acids is 1. The molecule has 0 aliphatic rings. The molecule has 6 heteroatoms. The van der Waals surface area contributed by atoms with Crippen LogP contribution < -0.4 is 5.32 Å². The van der Waals surface area contributed by atoms with E-state index in [9.17, 15) is 4.79 Å². The van der Waals surface area contributed by atoms with Crippen LogP contribution in [0.5, 0.6) is 0 Å². The maximum Gasteiger partial charge on any atom is 0.256 e. The summed E-state index contributed by atoms with van der Waals surface area (Å²) in [6.07, 6.45) is 2.00. The molecule has 0 radical (unpaired) electrons. The van der Waals surface area contributed by atoms with Gasteiger partial charge in [-0.15, -0.1) is 11.6 Å². The molecule has 0 saturated carbocycles. The van der Waals surface area contributed by atoms with Gasteiger partial charge in [-0.3, -0.25) is 4.79 Å². The highest BCUT2D eigenvalue weighted by Gasteiger charge is 2.17. The summed E-state index contributed by atoms with van der Waals surface area (Å²) >= 11 is 11.3. The van der Waals surface area contributed by atoms with Gasteiger partial charge < -0.3 is 14.5 Å². The van der Waals surface area contributed by atoms with E-state index in [1.807, 2.05) is 0 Å². The fourth-order valence-corrected chi connectivity index (χ4v) is 1.71. The molecule has 90 valence electrons. The summed E-state index contributed by atoms with van der Waals surface area (Å²) in [5, 5.41) is 2.85. The van der Waals surface area contributed by atoms with E-state index in [4.69, 9.17) is 32.4 Å². The molecule has 0 saturated heterocycles. The van der Waals surface area contributed by atoms with Crippen molar-refractivity contribution < 1.29 is 13.9 Å². The molecule has 1 atom stereocenters. The number of methoxy groups -OCH3 is 1. The monoisotopic (exact) mass is 265 g/mol. The van der Waals surface area contributed by atoms with E-state index in [2.05, 4.69) is 5.32 Å². The largest absolute Gasteiger partial charge is 0.452 e. The Balaban J connectivity index is 2.58. The molecular weight excluding hydrogens is 253 g/mol. The second-order valence-corrected chi connectivity index (χ2v) is 3.93. The summed E-state index contributed by atoms with van der Waals surface area (Å²) in [4.78, 5) is 11.7. The fraction of sp³-hybridized carbons (Fsp3) is 0.500. The molecular formula is C10H13Cl2NO3. The molecule has 0 fully saturated rings. The van der Waals surface area contributed by atoms with Crippen molar-refractivity contribution in [2.45, 2.75) is 12.5 Å². The fourth-order valence-electron chi connectivity index (χ4n) is 1.25. The van der Waals surface area contributed by atoms with Gasteiger partial charge in [0.05, 0.1) is 24.5 Å². The minimum Gasteiger partial charge on any atom is -0.452 e. The quantitative estimate of drug-likeness (QED) is 0.804. The van der Waals surface area contributed by atoms with Crippen molar-refractivity contribution in [3.8, 4) is 0 Å². The van der Waals surface area contributed by atoms with E-state index in [0.29, 0.717) is 24.5 Å². The number of halogens is 2. The second-order valence-electron chi connectivity index (χ2n) is 3.21. The third-order valence-corrected chi connectivity index (χ3v) is 2.53. The van der Waals surface area contributed by atoms with Gasteiger partial charge in [0.1, 0.15) is 0 Å². The number of rotatable bonds is 6. The van der Waals surface area contributed by atoms with Crippen LogP contribution in [-0.2, 0) is 4.74 Å². The summed E-state index contributed by atoms with van der Waals surface area (Å²) in [7, 11) is 1.57. The van der Waals surface area contributed by atoms with Crippen molar-refractivity contribution in [3.63, 3.8) is 0 Å². The van der Waals surface area contributed by atoms with Crippen molar-refractivity contribution in [2.75, 3.05) is 19.6 Å². The van der Waals surface area contributed by atoms with Gasteiger partial charge in [-0.2, -0.15) is 0 Å². The van der Waals surface area contributed by atoms with Gasteiger partial charge in [0.2, 0.25) is 5.22 Å². The minimum absolute atomic E-state index is 0.0829. The molecule has 1 N–H and O–H groups in total. The number of hydrogen-bond acceptors (Lipinski definition) is 3. The first-order chi connectivity index (χ1) is 7.69. The molecule has 1 aromatic heterocycles. The normalized spacial score (nSPS) is 12.4. The summed E-state index contributed by atoms with van der Waals surface area (Å²) < 4.78 is 9.81. The molecule has 0 aliphatic carbocycles. The standard InChI is InChI=1S/C10H13Cl2NO3/c1-15-6-7(2-4-11)13-10(14)8-3-5-16-9(8)12/h3,5,7H,2,4,6H2,1H3,(H,13,14). The lowest BCUT2D eigenvalue weighted by molar-refractivity contribution is 0.0894. The maximum atomic E-state index is 11.7. The second kappa shape index (κ2) is 6.78. The van der Waals surface area contributed by atoms with Crippen LogP contribution in [0.25, 0.3) is 0 Å². The number of furan rings is 1. The van der Waals surface area contributed by atoms with Gasteiger partial charge in [0.25, 0.3) is 5.91 Å². The topological polar surface area (TPSA) is 51.5 Å². The van der Waals surface area contributed by atoms with Crippen LogP contribution in [0, 0.1) is 0 Å². The van der Waals surface area contributed by atoms with Crippen LogP contribution in [0.4, 0.5) is 0 Å². The van der Waals surface area contributed by atoms with E-state index in [-0.39, 0.29) is 17.2 Å². The van der Waals surface area contributed by atoms with Crippen LogP contribution in [0.15, 0.2) is 16.7 Å². The summed E-state index contributed by atoms with van der Waals surface area (Å²) in [5.41, 5.74) is 0.317. The average molecular weight is 266 g/mol. The first-order valence-corrected chi connectivity index (χ1v) is 5.69. The average Bonchev–Trinajstić information content (AvgIpc) is 2.65. The molecule has 1 heterocycles. The Bertz CT molecular complexity index is 335. The lowest BCUT2D eigenvalue weighted by Crippen LogP contribution is -2.38. The van der Waals surface area contributed by atoms with Gasteiger partial charge in [0, 0.05) is 13.0 Å². The molecule has 0 spiro atoms. The molecule has 1 unspecified atom stereocenters. The Kier molecular flexibility index (Phi) is 5.66. The Morgan fingerprint density at radius 3 is 2.94 bits per heavy atom. The summed E-state index contributed by atoms with van der Waals surface area (Å²) in [6, 6.07) is 1.39. The number of alkyl halides is 1. The Labute approximate surface area is 104 Å². The van der Waals surface area contributed by atoms with Gasteiger partial charge >= 0.3 is 0 Å². The molecule has 0 aromatic carbocycles. The Morgan fingerprint density at radius 2 is 2.44 bits per heavy atom. The summed E-state index contributed by atoms with van der Waals surface area (Å²) in [5.74, 6) is 0.166. The number of ether oxygens (including phenoxy) is 1. The predicted octanol–water partition coefficient (Wildman–Crippen LogP) is 2.31. The van der Waals surface area contributed by atoms with E-state index in [1.165, 1.54) is 12.3 Å². The first kappa shape index (κ1) is 13.4. The molecule has 0 bridgehead atoms. The molecule has 1 aromatic rings. The van der Waals surface area contributed by atoms with Crippen LogP contribution in [0.3, 0.4) is 0 Å². The van der Waals surface area contributed by atoms with Crippen LogP contribution >= 0.6 is 23.2 Å². The zero-order chi connectivity index (χ0) is 12.0. The van der Waals surface area contributed by atoms with Crippen molar-refractivity contribution in [1.29, 1.82) is 0 Å². The molecule has 16 heavy (non-hydrogen) atoms. The first-order valence-electron chi connectivity index (χ1n) is 4.77. The van der Waals surface area contributed by atoms with Gasteiger partial charge in [-0.05, 0) is 24.1 Å². The van der Waals surface area contributed by atoms with E-state index in [1.54, 1.807) is 7.11 Å². The Morgan fingerprint density at radius 1 is 1.69 bits per heavy atom. The zero-order valence-electron chi connectivity index (χ0n) is 8.83. The van der Waals surface area contributed by atoms with E-state index < -0.39 is 0 Å². The number of amides is 1. The van der Waals surface area contributed by atoms with Crippen LogP contribution in [0.1, 0.15) is 16.8 Å². The van der Waals surface area contributed by atoms with E-state index >= 15 is 0 Å². The lowest BCUT2D eigenvalue weighted by Gasteiger charge is -2.16. The maximum absolute atomic E-state index is 11.7. The van der Waals surface area contributed by atoms with Gasteiger partial charge in [-0.1, -0.05) is 0 Å². The van der Waals surface area contributed by atoms with Gasteiger partial charge in [-0.25, -0.2) is 0 Å². The van der Waals surface area contributed by atoms with Crippen molar-refractivity contribution in [1.82, 2.24) is 5.32 Å². The zero-order valence-corrected chi connectivity index (χ0v) is 10.3. The van der Waals surface area contributed by atoms with Crippen molar-refractivity contribution in [3.05, 3.63) is 23.1 Å². The van der Waals surface area contributed by atoms with Crippen LogP contribution in [0.2, 0.25) is 5.22 Å². The number of nitrogens with one attached hydrogen (secondary N) is 1. The van der Waals surface area contributed by atoms with Crippen molar-refractivity contribution in [2.24, 2.45) is 0 Å². The molecule has 1 rings (SSSR count). The SMILES string of the molecule is COCC(CCCl)NC(=O)c1ccoc1Cl. The van der Waals surface area contributed by atoms with Gasteiger partial charge in [0.15, 0.2) is 0 Å². The third kappa shape index (κ3) is 3.70. The third-order valence-electron chi connectivity index (χ3n) is 2.02. The number of hydrogen-bond donors (Lipinski definition) is 1. The predicted molar refractivity (Wildman–Crippen MR) is 62.2 cm³/mol. The summed E-state index contributed by atoms with van der Waals surface area (Å²) in [6.45, 7) is 0.411. The van der Waals surface area contributed by atoms with E-state index in [0.717, 1.165) is 0 Å². The minimum atomic E-state index is -0.286.